The summed E-state index contributed by atoms with van der Waals surface area (Å²) in [6.45, 7) is 0.637. The molecule has 1 saturated carbocycles. The van der Waals surface area contributed by atoms with E-state index in [-0.39, 0.29) is 12.0 Å². The van der Waals surface area contributed by atoms with Crippen LogP contribution in [0.5, 0.6) is 0 Å². The third-order valence-electron chi connectivity index (χ3n) is 3.17. The normalized spacial score (nSPS) is 23.6. The lowest BCUT2D eigenvalue weighted by atomic mass is 10.1. The van der Waals surface area contributed by atoms with Gasteiger partial charge in [0.15, 0.2) is 0 Å². The molecule has 0 aliphatic heterocycles. The van der Waals surface area contributed by atoms with Gasteiger partial charge in [0.2, 0.25) is 0 Å². The molecule has 17 heavy (non-hydrogen) atoms. The van der Waals surface area contributed by atoms with Crippen LogP contribution >= 0.6 is 11.6 Å². The second-order valence-electron chi connectivity index (χ2n) is 4.55. The number of hydrogen-bond acceptors (Lipinski definition) is 2. The monoisotopic (exact) mass is 253 g/mol. The van der Waals surface area contributed by atoms with Crippen LogP contribution in [-0.4, -0.2) is 23.7 Å². The van der Waals surface area contributed by atoms with Gasteiger partial charge in [-0.05, 0) is 49.4 Å². The van der Waals surface area contributed by atoms with Gasteiger partial charge in [0.25, 0.3) is 5.91 Å². The van der Waals surface area contributed by atoms with Gasteiger partial charge in [-0.15, -0.1) is 0 Å². The molecule has 1 fully saturated rings. The third-order valence-corrected chi connectivity index (χ3v) is 3.42. The first-order chi connectivity index (χ1) is 8.15. The van der Waals surface area contributed by atoms with Gasteiger partial charge in [-0.25, -0.2) is 0 Å². The van der Waals surface area contributed by atoms with Crippen LogP contribution < -0.4 is 5.32 Å². The van der Waals surface area contributed by atoms with Crippen LogP contribution in [0.2, 0.25) is 5.02 Å². The van der Waals surface area contributed by atoms with E-state index in [0.29, 0.717) is 23.0 Å². The van der Waals surface area contributed by atoms with Crippen molar-refractivity contribution in [3.8, 4) is 0 Å². The molecule has 1 aliphatic carbocycles. The summed E-state index contributed by atoms with van der Waals surface area (Å²) in [7, 11) is 0. The van der Waals surface area contributed by atoms with Gasteiger partial charge >= 0.3 is 0 Å². The highest BCUT2D eigenvalue weighted by atomic mass is 35.5. The number of amides is 1. The molecule has 2 rings (SSSR count). The van der Waals surface area contributed by atoms with Crippen molar-refractivity contribution in [3.63, 3.8) is 0 Å². The molecular weight excluding hydrogens is 238 g/mol. The molecule has 1 aliphatic rings. The number of aliphatic hydroxyl groups is 1. The van der Waals surface area contributed by atoms with E-state index in [0.717, 1.165) is 19.3 Å². The van der Waals surface area contributed by atoms with Crippen molar-refractivity contribution in [2.24, 2.45) is 5.92 Å². The predicted molar refractivity (Wildman–Crippen MR) is 67.1 cm³/mol. The summed E-state index contributed by atoms with van der Waals surface area (Å²) in [6, 6.07) is 6.83. The lowest BCUT2D eigenvalue weighted by Crippen LogP contribution is -2.28. The van der Waals surface area contributed by atoms with Crippen molar-refractivity contribution in [1.82, 2.24) is 5.32 Å². The zero-order valence-electron chi connectivity index (χ0n) is 9.53. The Balaban J connectivity index is 1.83. The highest BCUT2D eigenvalue weighted by Crippen LogP contribution is 2.24. The van der Waals surface area contributed by atoms with Crippen molar-refractivity contribution in [2.75, 3.05) is 6.54 Å². The van der Waals surface area contributed by atoms with E-state index in [1.165, 1.54) is 0 Å². The molecule has 1 amide bonds. The van der Waals surface area contributed by atoms with Gasteiger partial charge in [0.05, 0.1) is 6.10 Å². The van der Waals surface area contributed by atoms with E-state index in [4.69, 9.17) is 11.6 Å². The number of carbonyl (C=O) groups excluding carboxylic acids is 1. The molecule has 92 valence electrons. The lowest BCUT2D eigenvalue weighted by Gasteiger charge is -2.10. The van der Waals surface area contributed by atoms with Gasteiger partial charge in [-0.1, -0.05) is 11.6 Å². The van der Waals surface area contributed by atoms with Gasteiger partial charge in [-0.3, -0.25) is 4.79 Å². The summed E-state index contributed by atoms with van der Waals surface area (Å²) < 4.78 is 0. The Morgan fingerprint density at radius 3 is 2.65 bits per heavy atom. The number of rotatable bonds is 3. The largest absolute Gasteiger partial charge is 0.393 e. The summed E-state index contributed by atoms with van der Waals surface area (Å²) in [5.41, 5.74) is 0.618. The molecule has 0 spiro atoms. The fourth-order valence-corrected chi connectivity index (χ4v) is 2.30. The Hall–Kier alpha value is -1.06. The molecule has 2 N–H and O–H groups in total. The fourth-order valence-electron chi connectivity index (χ4n) is 2.17. The van der Waals surface area contributed by atoms with Crippen molar-refractivity contribution in [1.29, 1.82) is 0 Å². The molecule has 2 unspecified atom stereocenters. The molecule has 3 nitrogen and oxygen atoms in total. The standard InChI is InChI=1S/C13H16ClNO2/c14-11-4-2-10(3-5-11)13(17)15-8-9-1-6-12(16)7-9/h2-5,9,12,16H,1,6-8H2,(H,15,17). The Kier molecular flexibility index (Phi) is 4.02. The first kappa shape index (κ1) is 12.4. The van der Waals surface area contributed by atoms with E-state index in [1.807, 2.05) is 0 Å². The first-order valence-corrected chi connectivity index (χ1v) is 6.25. The minimum absolute atomic E-state index is 0.0805. The smallest absolute Gasteiger partial charge is 0.251 e. The Morgan fingerprint density at radius 1 is 1.35 bits per heavy atom. The van der Waals surface area contributed by atoms with Crippen LogP contribution in [0.15, 0.2) is 24.3 Å². The molecule has 0 heterocycles. The second kappa shape index (κ2) is 5.52. The second-order valence-corrected chi connectivity index (χ2v) is 4.99. The van der Waals surface area contributed by atoms with Crippen LogP contribution in [-0.2, 0) is 0 Å². The van der Waals surface area contributed by atoms with Crippen LogP contribution in [0, 0.1) is 5.92 Å². The minimum Gasteiger partial charge on any atom is -0.393 e. The van der Waals surface area contributed by atoms with Gasteiger partial charge < -0.3 is 10.4 Å². The minimum atomic E-state index is -0.188. The van der Waals surface area contributed by atoms with Crippen molar-refractivity contribution in [3.05, 3.63) is 34.9 Å². The molecule has 0 bridgehead atoms. The first-order valence-electron chi connectivity index (χ1n) is 5.87. The highest BCUT2D eigenvalue weighted by Gasteiger charge is 2.22. The molecule has 4 heteroatoms. The maximum absolute atomic E-state index is 11.8. The van der Waals surface area contributed by atoms with Gasteiger partial charge in [0, 0.05) is 17.1 Å². The Morgan fingerprint density at radius 2 is 2.06 bits per heavy atom. The van der Waals surface area contributed by atoms with E-state index in [1.54, 1.807) is 24.3 Å². The summed E-state index contributed by atoms with van der Waals surface area (Å²) in [5.74, 6) is 0.323. The predicted octanol–water partition coefficient (Wildman–Crippen LogP) is 2.23. The van der Waals surface area contributed by atoms with Crippen molar-refractivity contribution in [2.45, 2.75) is 25.4 Å². The number of hydrogen-bond donors (Lipinski definition) is 2. The SMILES string of the molecule is O=C(NCC1CCC(O)C1)c1ccc(Cl)cc1. The number of carbonyl (C=O) groups is 1. The highest BCUT2D eigenvalue weighted by molar-refractivity contribution is 6.30. The summed E-state index contributed by atoms with van der Waals surface area (Å²) in [5, 5.41) is 12.9. The third kappa shape index (κ3) is 3.45. The number of nitrogens with one attached hydrogen (secondary N) is 1. The average Bonchev–Trinajstić information content (AvgIpc) is 2.73. The fraction of sp³-hybridized carbons (Fsp3) is 0.462. The molecule has 2 atom stereocenters. The van der Waals surface area contributed by atoms with Crippen molar-refractivity contribution >= 4 is 17.5 Å². The average molecular weight is 254 g/mol. The summed E-state index contributed by atoms with van der Waals surface area (Å²) in [6.07, 6.45) is 2.44. The van der Waals surface area contributed by atoms with Gasteiger partial charge in [-0.2, -0.15) is 0 Å². The van der Waals surface area contributed by atoms with Gasteiger partial charge in [0.1, 0.15) is 0 Å². The number of halogens is 1. The topological polar surface area (TPSA) is 49.3 Å². The van der Waals surface area contributed by atoms with Crippen molar-refractivity contribution < 1.29 is 9.90 Å². The number of benzene rings is 1. The zero-order chi connectivity index (χ0) is 12.3. The molecule has 0 aromatic heterocycles. The number of aliphatic hydroxyl groups excluding tert-OH is 1. The maximum atomic E-state index is 11.8. The Bertz CT molecular complexity index is 391. The zero-order valence-corrected chi connectivity index (χ0v) is 10.3. The van der Waals surface area contributed by atoms with E-state index < -0.39 is 0 Å². The summed E-state index contributed by atoms with van der Waals surface area (Å²) in [4.78, 5) is 11.8. The van der Waals surface area contributed by atoms with E-state index in [2.05, 4.69) is 5.32 Å². The van der Waals surface area contributed by atoms with Crippen LogP contribution in [0.3, 0.4) is 0 Å². The molecule has 1 aromatic rings. The molecule has 0 radical (unpaired) electrons. The maximum Gasteiger partial charge on any atom is 0.251 e. The van der Waals surface area contributed by atoms with Crippen LogP contribution in [0.1, 0.15) is 29.6 Å². The molecular formula is C13H16ClNO2. The lowest BCUT2D eigenvalue weighted by molar-refractivity contribution is 0.0945. The van der Waals surface area contributed by atoms with Crippen LogP contribution in [0.4, 0.5) is 0 Å². The van der Waals surface area contributed by atoms with E-state index >= 15 is 0 Å². The molecule has 1 aromatic carbocycles. The van der Waals surface area contributed by atoms with Crippen LogP contribution in [0.25, 0.3) is 0 Å². The summed E-state index contributed by atoms with van der Waals surface area (Å²) >= 11 is 5.75. The quantitative estimate of drug-likeness (QED) is 0.868. The van der Waals surface area contributed by atoms with E-state index in [9.17, 15) is 9.90 Å². The Labute approximate surface area is 106 Å². The molecule has 0 saturated heterocycles.